The lowest BCUT2D eigenvalue weighted by Gasteiger charge is -2.05. The Labute approximate surface area is 158 Å². The molecule has 5 nitrogen and oxygen atoms in total. The third kappa shape index (κ3) is 5.02. The number of para-hydroxylation sites is 1. The van der Waals surface area contributed by atoms with Crippen molar-refractivity contribution in [2.75, 3.05) is 18.1 Å². The lowest BCUT2D eigenvalue weighted by molar-refractivity contribution is 0.592. The van der Waals surface area contributed by atoms with Crippen LogP contribution in [0.2, 0.25) is 0 Å². The fraction of sp³-hybridized carbons (Fsp3) is 0.250. The maximum atomic E-state index is 13.3. The second-order valence-electron chi connectivity index (χ2n) is 6.20. The van der Waals surface area contributed by atoms with Crippen LogP contribution in [0.15, 0.2) is 60.8 Å². The van der Waals surface area contributed by atoms with E-state index < -0.39 is 9.84 Å². The van der Waals surface area contributed by atoms with E-state index in [1.165, 1.54) is 12.1 Å². The van der Waals surface area contributed by atoms with Gasteiger partial charge in [0, 0.05) is 36.2 Å². The second kappa shape index (κ2) is 8.45. The average Bonchev–Trinajstić information content (AvgIpc) is 3.11. The summed E-state index contributed by atoms with van der Waals surface area (Å²) in [5.41, 5.74) is 3.38. The molecule has 0 aliphatic rings. The molecule has 3 rings (SSSR count). The SMILES string of the molecule is CCS(=O)(=O)CCNCc1cn(-c2ccccc2)nc1-c1ccc(F)cc1. The summed E-state index contributed by atoms with van der Waals surface area (Å²) in [4.78, 5) is 0. The fourth-order valence-electron chi connectivity index (χ4n) is 2.70. The molecule has 0 atom stereocenters. The third-order valence-electron chi connectivity index (χ3n) is 4.27. The summed E-state index contributed by atoms with van der Waals surface area (Å²) in [6.45, 7) is 2.49. The Morgan fingerprint density at radius 2 is 1.78 bits per heavy atom. The predicted molar refractivity (Wildman–Crippen MR) is 105 cm³/mol. The zero-order valence-corrected chi connectivity index (χ0v) is 15.9. The molecule has 0 saturated heterocycles. The van der Waals surface area contributed by atoms with E-state index in [4.69, 9.17) is 0 Å². The van der Waals surface area contributed by atoms with Gasteiger partial charge < -0.3 is 5.32 Å². The maximum absolute atomic E-state index is 13.3. The van der Waals surface area contributed by atoms with Gasteiger partial charge in [-0.3, -0.25) is 0 Å². The molecule has 1 N–H and O–H groups in total. The van der Waals surface area contributed by atoms with Crippen molar-refractivity contribution < 1.29 is 12.8 Å². The number of aromatic nitrogens is 2. The highest BCUT2D eigenvalue weighted by Crippen LogP contribution is 2.24. The van der Waals surface area contributed by atoms with Crippen molar-refractivity contribution in [2.24, 2.45) is 0 Å². The van der Waals surface area contributed by atoms with Crippen LogP contribution in [-0.4, -0.2) is 36.2 Å². The third-order valence-corrected chi connectivity index (χ3v) is 5.98. The van der Waals surface area contributed by atoms with Crippen molar-refractivity contribution in [3.63, 3.8) is 0 Å². The summed E-state index contributed by atoms with van der Waals surface area (Å²) in [5.74, 6) is -0.0606. The monoisotopic (exact) mass is 387 g/mol. The normalized spacial score (nSPS) is 11.6. The molecular formula is C20H22FN3O2S. The standard InChI is InChI=1S/C20H22FN3O2S/c1-2-27(25,26)13-12-22-14-17-15-24(19-6-4-3-5-7-19)23-20(17)16-8-10-18(21)11-9-16/h3-11,15,22H,2,12-14H2,1H3. The molecule has 2 aromatic carbocycles. The Bertz CT molecular complexity index is 984. The molecule has 27 heavy (non-hydrogen) atoms. The molecule has 142 valence electrons. The summed E-state index contributed by atoms with van der Waals surface area (Å²) in [6.07, 6.45) is 1.91. The van der Waals surface area contributed by atoms with Crippen LogP contribution in [0, 0.1) is 5.82 Å². The Hall–Kier alpha value is -2.51. The molecule has 0 fully saturated rings. The highest BCUT2D eigenvalue weighted by Gasteiger charge is 2.13. The second-order valence-corrected chi connectivity index (χ2v) is 8.68. The number of rotatable bonds is 8. The van der Waals surface area contributed by atoms with Crippen molar-refractivity contribution in [3.8, 4) is 16.9 Å². The maximum Gasteiger partial charge on any atom is 0.151 e. The Morgan fingerprint density at radius 1 is 1.07 bits per heavy atom. The first-order valence-electron chi connectivity index (χ1n) is 8.79. The van der Waals surface area contributed by atoms with Crippen LogP contribution in [0.25, 0.3) is 16.9 Å². The summed E-state index contributed by atoms with van der Waals surface area (Å²) >= 11 is 0. The van der Waals surface area contributed by atoms with Gasteiger partial charge in [-0.2, -0.15) is 5.10 Å². The first-order valence-corrected chi connectivity index (χ1v) is 10.6. The Balaban J connectivity index is 1.84. The smallest absolute Gasteiger partial charge is 0.151 e. The minimum atomic E-state index is -3.00. The van der Waals surface area contributed by atoms with E-state index in [1.54, 1.807) is 23.7 Å². The summed E-state index contributed by atoms with van der Waals surface area (Å²) in [6, 6.07) is 15.9. The fourth-order valence-corrected chi connectivity index (χ4v) is 3.44. The highest BCUT2D eigenvalue weighted by molar-refractivity contribution is 7.91. The van der Waals surface area contributed by atoms with E-state index in [-0.39, 0.29) is 17.3 Å². The molecule has 0 bridgehead atoms. The van der Waals surface area contributed by atoms with Crippen molar-refractivity contribution in [2.45, 2.75) is 13.5 Å². The van der Waals surface area contributed by atoms with E-state index in [2.05, 4.69) is 10.4 Å². The molecule has 0 unspecified atom stereocenters. The summed E-state index contributed by atoms with van der Waals surface area (Å²) in [5, 5.41) is 7.83. The van der Waals surface area contributed by atoms with Crippen molar-refractivity contribution >= 4 is 9.84 Å². The number of benzene rings is 2. The molecule has 1 aromatic heterocycles. The zero-order valence-electron chi connectivity index (χ0n) is 15.1. The molecule has 3 aromatic rings. The number of sulfone groups is 1. The van der Waals surface area contributed by atoms with Gasteiger partial charge in [0.25, 0.3) is 0 Å². The highest BCUT2D eigenvalue weighted by atomic mass is 32.2. The predicted octanol–water partition coefficient (Wildman–Crippen LogP) is 3.20. The van der Waals surface area contributed by atoms with Gasteiger partial charge in [0.1, 0.15) is 5.82 Å². The van der Waals surface area contributed by atoms with Crippen molar-refractivity contribution in [1.29, 1.82) is 0 Å². The van der Waals surface area contributed by atoms with Gasteiger partial charge in [0.15, 0.2) is 9.84 Å². The Kier molecular flexibility index (Phi) is 6.03. The van der Waals surface area contributed by atoms with Crippen LogP contribution in [-0.2, 0) is 16.4 Å². The quantitative estimate of drug-likeness (QED) is 0.603. The molecular weight excluding hydrogens is 365 g/mol. The Morgan fingerprint density at radius 3 is 2.44 bits per heavy atom. The topological polar surface area (TPSA) is 64.0 Å². The van der Waals surface area contributed by atoms with Crippen LogP contribution in [0.4, 0.5) is 4.39 Å². The molecule has 0 amide bonds. The van der Waals surface area contributed by atoms with Gasteiger partial charge in [-0.25, -0.2) is 17.5 Å². The van der Waals surface area contributed by atoms with Gasteiger partial charge in [0.05, 0.1) is 17.1 Å². The van der Waals surface area contributed by atoms with Crippen LogP contribution in [0.1, 0.15) is 12.5 Å². The van der Waals surface area contributed by atoms with Gasteiger partial charge in [0.2, 0.25) is 0 Å². The van der Waals surface area contributed by atoms with Crippen LogP contribution in [0.5, 0.6) is 0 Å². The molecule has 0 spiro atoms. The first-order chi connectivity index (χ1) is 13.0. The van der Waals surface area contributed by atoms with Crippen molar-refractivity contribution in [3.05, 3.63) is 72.2 Å². The van der Waals surface area contributed by atoms with Crippen LogP contribution in [0.3, 0.4) is 0 Å². The van der Waals surface area contributed by atoms with Crippen LogP contribution >= 0.6 is 0 Å². The van der Waals surface area contributed by atoms with Crippen LogP contribution < -0.4 is 5.32 Å². The minimum absolute atomic E-state index is 0.0994. The summed E-state index contributed by atoms with van der Waals surface area (Å²) < 4.78 is 38.3. The number of nitrogens with one attached hydrogen (secondary N) is 1. The molecule has 0 saturated carbocycles. The van der Waals surface area contributed by atoms with E-state index in [1.807, 2.05) is 36.5 Å². The summed E-state index contributed by atoms with van der Waals surface area (Å²) in [7, 11) is -3.00. The van der Waals surface area contributed by atoms with E-state index >= 15 is 0 Å². The zero-order chi connectivity index (χ0) is 19.3. The first kappa shape index (κ1) is 19.3. The van der Waals surface area contributed by atoms with Gasteiger partial charge >= 0.3 is 0 Å². The minimum Gasteiger partial charge on any atom is -0.312 e. The number of hydrogen-bond acceptors (Lipinski definition) is 4. The van der Waals surface area contributed by atoms with Gasteiger partial charge in [-0.15, -0.1) is 0 Å². The van der Waals surface area contributed by atoms with E-state index in [9.17, 15) is 12.8 Å². The number of halogens is 1. The molecule has 0 aliphatic heterocycles. The van der Waals surface area contributed by atoms with E-state index in [0.29, 0.717) is 13.1 Å². The lowest BCUT2D eigenvalue weighted by atomic mass is 10.1. The molecule has 0 aliphatic carbocycles. The van der Waals surface area contributed by atoms with Gasteiger partial charge in [-0.1, -0.05) is 25.1 Å². The van der Waals surface area contributed by atoms with Crippen molar-refractivity contribution in [1.82, 2.24) is 15.1 Å². The largest absolute Gasteiger partial charge is 0.312 e. The average molecular weight is 387 g/mol. The van der Waals surface area contributed by atoms with E-state index in [0.717, 1.165) is 22.5 Å². The molecule has 7 heteroatoms. The van der Waals surface area contributed by atoms with Gasteiger partial charge in [-0.05, 0) is 36.4 Å². The molecule has 1 heterocycles. The number of hydrogen-bond donors (Lipinski definition) is 1. The molecule has 0 radical (unpaired) electrons. The lowest BCUT2D eigenvalue weighted by Crippen LogP contribution is -2.23. The number of nitrogens with zero attached hydrogens (tertiary/aromatic N) is 2.